The van der Waals surface area contributed by atoms with Crippen molar-refractivity contribution in [2.45, 2.75) is 0 Å². The van der Waals surface area contributed by atoms with E-state index < -0.39 is 14.8 Å². The molecule has 0 heterocycles. The summed E-state index contributed by atoms with van der Waals surface area (Å²) in [5.41, 5.74) is 1.09. The molecule has 1 nitrogen and oxygen atoms in total. The maximum absolute atomic E-state index is 6.22. The van der Waals surface area contributed by atoms with Gasteiger partial charge in [0, 0.05) is 0 Å². The third kappa shape index (κ3) is 2.78. The molecule has 2 aromatic carbocycles. The molecule has 0 aromatic heterocycles. The van der Waals surface area contributed by atoms with Gasteiger partial charge in [-0.15, -0.1) is 0 Å². The average molecular weight is 404 g/mol. The van der Waals surface area contributed by atoms with Crippen LogP contribution in [0.3, 0.4) is 0 Å². The standard InChI is InChI=1S/C12H12Cl3NTe/c1-16(2)10-7-3-5-9-6-4-8-11(12(9)10)17(13,14)15/h3-8H,1-2H3. The fourth-order valence-electron chi connectivity index (χ4n) is 1.85. The van der Waals surface area contributed by atoms with Crippen molar-refractivity contribution in [3.63, 3.8) is 0 Å². The summed E-state index contributed by atoms with van der Waals surface area (Å²) in [7, 11) is 22.6. The zero-order valence-electron chi connectivity index (χ0n) is 9.45. The topological polar surface area (TPSA) is 3.24 Å². The molecule has 0 saturated heterocycles. The molecule has 2 aromatic rings. The second-order valence-electron chi connectivity index (χ2n) is 3.93. The van der Waals surface area contributed by atoms with Crippen LogP contribution in [0.2, 0.25) is 0 Å². The van der Waals surface area contributed by atoms with Crippen molar-refractivity contribution < 1.29 is 0 Å². The van der Waals surface area contributed by atoms with Crippen LogP contribution in [0.5, 0.6) is 0 Å². The van der Waals surface area contributed by atoms with Gasteiger partial charge in [0.1, 0.15) is 0 Å². The second-order valence-corrected chi connectivity index (χ2v) is 20.0. The third-order valence-corrected chi connectivity index (χ3v) is 8.32. The van der Waals surface area contributed by atoms with Crippen LogP contribution >= 0.6 is 26.9 Å². The van der Waals surface area contributed by atoms with Crippen molar-refractivity contribution in [2.24, 2.45) is 0 Å². The Morgan fingerprint density at radius 3 is 2.06 bits per heavy atom. The molecule has 0 spiro atoms. The summed E-state index contributed by atoms with van der Waals surface area (Å²) in [6.07, 6.45) is 0. The van der Waals surface area contributed by atoms with Crippen molar-refractivity contribution in [1.82, 2.24) is 0 Å². The molecule has 0 radical (unpaired) electrons. The predicted molar refractivity (Wildman–Crippen MR) is 81.2 cm³/mol. The van der Waals surface area contributed by atoms with Gasteiger partial charge in [0.25, 0.3) is 0 Å². The molecule has 92 valence electrons. The second kappa shape index (κ2) is 5.03. The Morgan fingerprint density at radius 1 is 0.941 bits per heavy atom. The molecule has 0 fully saturated rings. The number of halogens is 3. The summed E-state index contributed by atoms with van der Waals surface area (Å²) in [5.74, 6) is 0. The fraction of sp³-hybridized carbons (Fsp3) is 0.167. The third-order valence-electron chi connectivity index (χ3n) is 2.58. The van der Waals surface area contributed by atoms with E-state index in [1.54, 1.807) is 0 Å². The molecule has 17 heavy (non-hydrogen) atoms. The van der Waals surface area contributed by atoms with Crippen molar-refractivity contribution >= 4 is 61.8 Å². The van der Waals surface area contributed by atoms with Crippen LogP contribution in [0.4, 0.5) is 5.69 Å². The van der Waals surface area contributed by atoms with E-state index in [1.165, 1.54) is 0 Å². The fourth-order valence-corrected chi connectivity index (χ4v) is 6.40. The normalized spacial score (nSPS) is 12.8. The van der Waals surface area contributed by atoms with E-state index in [4.69, 9.17) is 26.9 Å². The maximum atomic E-state index is 6.22. The Kier molecular flexibility index (Phi) is 4.02. The molecule has 0 bridgehead atoms. The predicted octanol–water partition coefficient (Wildman–Crippen LogP) is 3.77. The number of nitrogens with zero attached hydrogens (tertiary/aromatic N) is 1. The average Bonchev–Trinajstić information content (AvgIpc) is 2.26. The van der Waals surface area contributed by atoms with E-state index in [1.807, 2.05) is 55.4 Å². The summed E-state index contributed by atoms with van der Waals surface area (Å²) >= 11 is -3.43. The van der Waals surface area contributed by atoms with E-state index in [-0.39, 0.29) is 0 Å². The first-order chi connectivity index (χ1) is 7.91. The first-order valence-electron chi connectivity index (χ1n) is 5.02. The molecule has 2 rings (SSSR count). The molecule has 0 aliphatic carbocycles. The van der Waals surface area contributed by atoms with E-state index in [9.17, 15) is 0 Å². The number of hydrogen-bond acceptors (Lipinski definition) is 1. The van der Waals surface area contributed by atoms with Crippen LogP contribution in [-0.2, 0) is 0 Å². The van der Waals surface area contributed by atoms with Crippen LogP contribution in [0, 0.1) is 0 Å². The Morgan fingerprint density at radius 2 is 1.53 bits per heavy atom. The zero-order chi connectivity index (χ0) is 12.6. The zero-order valence-corrected chi connectivity index (χ0v) is 14.1. The van der Waals surface area contributed by atoms with Crippen molar-refractivity contribution in [3.05, 3.63) is 36.4 Å². The van der Waals surface area contributed by atoms with Gasteiger partial charge >= 0.3 is 117 Å². The molecule has 0 saturated carbocycles. The molecule has 5 heteroatoms. The Balaban J connectivity index is 2.86. The minimum absolute atomic E-state index is 0.902. The van der Waals surface area contributed by atoms with Gasteiger partial charge in [-0.1, -0.05) is 0 Å². The van der Waals surface area contributed by atoms with Crippen molar-refractivity contribution in [3.8, 4) is 0 Å². The quantitative estimate of drug-likeness (QED) is 0.690. The summed E-state index contributed by atoms with van der Waals surface area (Å²) in [6.45, 7) is 0. The van der Waals surface area contributed by atoms with Gasteiger partial charge < -0.3 is 0 Å². The summed E-state index contributed by atoms with van der Waals surface area (Å²) in [4.78, 5) is 2.05. The van der Waals surface area contributed by atoms with Gasteiger partial charge in [0.2, 0.25) is 0 Å². The number of fused-ring (bicyclic) bond motifs is 1. The summed E-state index contributed by atoms with van der Waals surface area (Å²) in [5, 5.41) is 2.19. The van der Waals surface area contributed by atoms with E-state index in [0.717, 1.165) is 20.1 Å². The Bertz CT molecular complexity index is 544. The Labute approximate surface area is 116 Å². The van der Waals surface area contributed by atoms with E-state index in [0.29, 0.717) is 0 Å². The van der Waals surface area contributed by atoms with Crippen LogP contribution in [-0.4, -0.2) is 28.9 Å². The Hall–Kier alpha value is 0.160. The SMILES string of the molecule is CN(C)c1cccc2cccc([Te](Cl)(Cl)Cl)c12. The molecule has 0 amide bonds. The van der Waals surface area contributed by atoms with Crippen LogP contribution in [0.1, 0.15) is 0 Å². The van der Waals surface area contributed by atoms with E-state index >= 15 is 0 Å². The van der Waals surface area contributed by atoms with Crippen LogP contribution in [0.15, 0.2) is 36.4 Å². The van der Waals surface area contributed by atoms with Gasteiger partial charge in [-0.25, -0.2) is 0 Å². The molecular formula is C12H12Cl3NTe. The molecule has 0 atom stereocenters. The van der Waals surface area contributed by atoms with Gasteiger partial charge in [-0.3, -0.25) is 0 Å². The number of rotatable bonds is 2. The van der Waals surface area contributed by atoms with E-state index in [2.05, 4.69) is 0 Å². The van der Waals surface area contributed by atoms with Gasteiger partial charge in [0.15, 0.2) is 0 Å². The minimum atomic E-state index is -3.43. The molecule has 0 aliphatic rings. The summed E-state index contributed by atoms with van der Waals surface area (Å²) < 4.78 is 0.902. The first kappa shape index (κ1) is 13.6. The molecule has 0 N–H and O–H groups in total. The van der Waals surface area contributed by atoms with Crippen molar-refractivity contribution in [2.75, 3.05) is 19.0 Å². The van der Waals surface area contributed by atoms with Crippen LogP contribution < -0.4 is 8.51 Å². The van der Waals surface area contributed by atoms with Crippen molar-refractivity contribution in [1.29, 1.82) is 0 Å². The monoisotopic (exact) mass is 405 g/mol. The molecule has 0 aliphatic heterocycles. The number of hydrogen-bond donors (Lipinski definition) is 0. The molecular weight excluding hydrogens is 392 g/mol. The molecule has 0 unspecified atom stereocenters. The van der Waals surface area contributed by atoms with Gasteiger partial charge in [-0.2, -0.15) is 0 Å². The summed E-state index contributed by atoms with van der Waals surface area (Å²) in [6, 6.07) is 12.0. The van der Waals surface area contributed by atoms with Gasteiger partial charge in [-0.05, 0) is 0 Å². The number of anilines is 1. The van der Waals surface area contributed by atoms with Gasteiger partial charge in [0.05, 0.1) is 0 Å². The number of benzene rings is 2. The van der Waals surface area contributed by atoms with Crippen LogP contribution in [0.25, 0.3) is 10.8 Å². The first-order valence-corrected chi connectivity index (χ1v) is 15.0.